The molecule has 0 spiro atoms. The third-order valence-electron chi connectivity index (χ3n) is 5.00. The first-order chi connectivity index (χ1) is 16.5. The smallest absolute Gasteiger partial charge is 0.257 e. The molecule has 0 bridgehead atoms. The number of carbonyl (C=O) groups is 2. The summed E-state index contributed by atoms with van der Waals surface area (Å²) < 4.78 is 10.9. The fourth-order valence-electron chi connectivity index (χ4n) is 3.18. The highest BCUT2D eigenvalue weighted by Gasteiger charge is 2.10. The van der Waals surface area contributed by atoms with Crippen LogP contribution in [0.15, 0.2) is 71.3 Å². The first kappa shape index (κ1) is 25.0. The molecule has 0 atom stereocenters. The Labute approximate surface area is 204 Å². The van der Waals surface area contributed by atoms with Crippen molar-refractivity contribution < 1.29 is 18.7 Å². The van der Waals surface area contributed by atoms with Gasteiger partial charge >= 0.3 is 0 Å². The van der Waals surface area contributed by atoms with Crippen molar-refractivity contribution in [2.24, 2.45) is 0 Å². The topological polar surface area (TPSA) is 92.6 Å². The largest absolute Gasteiger partial charge is 0.494 e. The Bertz CT molecular complexity index is 1080. The van der Waals surface area contributed by atoms with Gasteiger partial charge in [-0.1, -0.05) is 32.3 Å². The minimum Gasteiger partial charge on any atom is -0.494 e. The molecule has 8 heteroatoms. The van der Waals surface area contributed by atoms with Gasteiger partial charge < -0.3 is 19.8 Å². The molecular formula is C26H29N3O4S. The van der Waals surface area contributed by atoms with E-state index in [0.29, 0.717) is 35.7 Å². The Morgan fingerprint density at radius 1 is 0.941 bits per heavy atom. The zero-order valence-electron chi connectivity index (χ0n) is 19.1. The van der Waals surface area contributed by atoms with E-state index in [1.54, 1.807) is 66.9 Å². The maximum atomic E-state index is 12.5. The molecule has 1 heterocycles. The number of hydrogen-bond donors (Lipinski definition) is 3. The van der Waals surface area contributed by atoms with Crippen LogP contribution >= 0.6 is 12.2 Å². The van der Waals surface area contributed by atoms with Crippen LogP contribution < -0.4 is 20.7 Å². The van der Waals surface area contributed by atoms with E-state index >= 15 is 0 Å². The van der Waals surface area contributed by atoms with Gasteiger partial charge in [-0.25, -0.2) is 0 Å². The molecule has 0 aliphatic rings. The van der Waals surface area contributed by atoms with Gasteiger partial charge in [0.15, 0.2) is 5.11 Å². The molecule has 3 rings (SSSR count). The van der Waals surface area contributed by atoms with Crippen LogP contribution in [0.1, 0.15) is 59.1 Å². The van der Waals surface area contributed by atoms with E-state index in [1.807, 2.05) is 0 Å². The monoisotopic (exact) mass is 479 g/mol. The predicted molar refractivity (Wildman–Crippen MR) is 136 cm³/mol. The second-order valence-corrected chi connectivity index (χ2v) is 8.09. The number of ether oxygens (including phenoxy) is 1. The normalized spacial score (nSPS) is 10.4. The third-order valence-corrected chi connectivity index (χ3v) is 5.20. The fourth-order valence-corrected chi connectivity index (χ4v) is 3.39. The predicted octanol–water partition coefficient (Wildman–Crippen LogP) is 5.30. The van der Waals surface area contributed by atoms with Crippen molar-refractivity contribution in [1.82, 2.24) is 10.6 Å². The molecule has 178 valence electrons. The average Bonchev–Trinajstić information content (AvgIpc) is 3.36. The van der Waals surface area contributed by atoms with Crippen molar-refractivity contribution in [1.29, 1.82) is 0 Å². The first-order valence-corrected chi connectivity index (χ1v) is 11.7. The highest BCUT2D eigenvalue weighted by molar-refractivity contribution is 7.80. The minimum absolute atomic E-state index is 0.134. The van der Waals surface area contributed by atoms with Gasteiger partial charge in [0.2, 0.25) is 0 Å². The van der Waals surface area contributed by atoms with Gasteiger partial charge in [-0.2, -0.15) is 0 Å². The van der Waals surface area contributed by atoms with Gasteiger partial charge in [0, 0.05) is 16.8 Å². The van der Waals surface area contributed by atoms with E-state index < -0.39 is 0 Å². The van der Waals surface area contributed by atoms with Crippen LogP contribution in [0.3, 0.4) is 0 Å². The zero-order valence-corrected chi connectivity index (χ0v) is 20.0. The summed E-state index contributed by atoms with van der Waals surface area (Å²) in [5.74, 6) is 0.816. The molecule has 0 unspecified atom stereocenters. The number of nitrogens with one attached hydrogen (secondary N) is 3. The molecule has 3 N–H and O–H groups in total. The first-order valence-electron chi connectivity index (χ1n) is 11.3. The molecule has 0 radical (unpaired) electrons. The lowest BCUT2D eigenvalue weighted by molar-refractivity contribution is 0.0946. The SMILES string of the molecule is CCCCCCOc1ccc(C(=O)NC(=S)Nc2cccc(C(=O)NCc3ccco3)c2)cc1. The maximum absolute atomic E-state index is 12.5. The molecule has 1 aromatic heterocycles. The lowest BCUT2D eigenvalue weighted by atomic mass is 10.2. The standard InChI is InChI=1S/C26H29N3O4S/c1-2-3-4-5-15-32-22-13-11-19(12-14-22)25(31)29-26(34)28-21-9-6-8-20(17-21)24(30)27-18-23-10-7-16-33-23/h6-14,16-17H,2-5,15,18H2,1H3,(H,27,30)(H2,28,29,31,34). The van der Waals surface area contributed by atoms with Crippen LogP contribution in [0.5, 0.6) is 5.75 Å². The van der Waals surface area contributed by atoms with Gasteiger partial charge in [0.05, 0.1) is 19.4 Å². The molecule has 0 saturated carbocycles. The number of carbonyl (C=O) groups excluding carboxylic acids is 2. The van der Waals surface area contributed by atoms with Gasteiger partial charge in [0.25, 0.3) is 11.8 Å². The van der Waals surface area contributed by atoms with E-state index in [4.69, 9.17) is 21.4 Å². The molecule has 0 saturated heterocycles. The average molecular weight is 480 g/mol. The van der Waals surface area contributed by atoms with Crippen molar-refractivity contribution in [3.63, 3.8) is 0 Å². The van der Waals surface area contributed by atoms with E-state index in [2.05, 4.69) is 22.9 Å². The summed E-state index contributed by atoms with van der Waals surface area (Å²) in [6.07, 6.45) is 6.12. The molecule has 2 amide bonds. The van der Waals surface area contributed by atoms with Crippen molar-refractivity contribution >= 4 is 34.8 Å². The summed E-state index contributed by atoms with van der Waals surface area (Å²) in [6, 6.07) is 17.3. The molecule has 34 heavy (non-hydrogen) atoms. The van der Waals surface area contributed by atoms with Crippen LogP contribution in [-0.4, -0.2) is 23.5 Å². The summed E-state index contributed by atoms with van der Waals surface area (Å²) >= 11 is 5.26. The lowest BCUT2D eigenvalue weighted by Crippen LogP contribution is -2.34. The van der Waals surface area contributed by atoms with Crippen LogP contribution in [0.25, 0.3) is 0 Å². The molecule has 2 aromatic carbocycles. The summed E-state index contributed by atoms with van der Waals surface area (Å²) in [5, 5.41) is 8.51. The summed E-state index contributed by atoms with van der Waals surface area (Å²) in [7, 11) is 0. The van der Waals surface area contributed by atoms with Crippen LogP contribution in [0.2, 0.25) is 0 Å². The highest BCUT2D eigenvalue weighted by Crippen LogP contribution is 2.14. The fraction of sp³-hybridized carbons (Fsp3) is 0.269. The lowest BCUT2D eigenvalue weighted by Gasteiger charge is -2.11. The Kier molecular flexibility index (Phi) is 9.66. The molecule has 0 aliphatic heterocycles. The number of furan rings is 1. The summed E-state index contributed by atoms with van der Waals surface area (Å²) in [6.45, 7) is 3.13. The van der Waals surface area contributed by atoms with Crippen molar-refractivity contribution in [3.05, 3.63) is 83.8 Å². The zero-order chi connectivity index (χ0) is 24.2. The number of anilines is 1. The molecule has 3 aromatic rings. The number of amides is 2. The second-order valence-electron chi connectivity index (χ2n) is 7.68. The van der Waals surface area contributed by atoms with Gasteiger partial charge in [-0.05, 0) is 73.2 Å². The molecular weight excluding hydrogens is 450 g/mol. The van der Waals surface area contributed by atoms with Gasteiger partial charge in [-0.15, -0.1) is 0 Å². The third kappa shape index (κ3) is 8.04. The molecule has 0 fully saturated rings. The summed E-state index contributed by atoms with van der Waals surface area (Å²) in [4.78, 5) is 24.9. The van der Waals surface area contributed by atoms with E-state index in [-0.39, 0.29) is 16.9 Å². The number of benzene rings is 2. The summed E-state index contributed by atoms with van der Waals surface area (Å²) in [5.41, 5.74) is 1.51. The number of thiocarbonyl (C=S) groups is 1. The second kappa shape index (κ2) is 13.2. The van der Waals surface area contributed by atoms with E-state index in [1.165, 1.54) is 12.8 Å². The molecule has 0 aliphatic carbocycles. The number of unbranched alkanes of at least 4 members (excludes halogenated alkanes) is 3. The van der Waals surface area contributed by atoms with E-state index in [9.17, 15) is 9.59 Å². The minimum atomic E-state index is -0.334. The van der Waals surface area contributed by atoms with Crippen LogP contribution in [0, 0.1) is 0 Å². The Morgan fingerprint density at radius 2 is 1.76 bits per heavy atom. The van der Waals surface area contributed by atoms with Crippen molar-refractivity contribution in [2.45, 2.75) is 39.2 Å². The quantitative estimate of drug-likeness (QED) is 0.255. The Balaban J connectivity index is 1.47. The molecule has 7 nitrogen and oxygen atoms in total. The van der Waals surface area contributed by atoms with Crippen LogP contribution in [0.4, 0.5) is 5.69 Å². The highest BCUT2D eigenvalue weighted by atomic mass is 32.1. The number of hydrogen-bond acceptors (Lipinski definition) is 5. The van der Waals surface area contributed by atoms with Crippen LogP contribution in [-0.2, 0) is 6.54 Å². The maximum Gasteiger partial charge on any atom is 0.257 e. The van der Waals surface area contributed by atoms with Crippen molar-refractivity contribution in [3.8, 4) is 5.75 Å². The van der Waals surface area contributed by atoms with Gasteiger partial charge in [-0.3, -0.25) is 14.9 Å². The van der Waals surface area contributed by atoms with Gasteiger partial charge in [0.1, 0.15) is 11.5 Å². The van der Waals surface area contributed by atoms with E-state index in [0.717, 1.165) is 18.6 Å². The number of rotatable bonds is 11. The van der Waals surface area contributed by atoms with Crippen molar-refractivity contribution in [2.75, 3.05) is 11.9 Å². The Morgan fingerprint density at radius 3 is 2.50 bits per heavy atom. The Hall–Kier alpha value is -3.65.